The molecule has 0 saturated carbocycles. The molecule has 0 radical (unpaired) electrons. The van der Waals surface area contributed by atoms with Crippen molar-refractivity contribution in [3.8, 4) is 5.75 Å². The zero-order valence-corrected chi connectivity index (χ0v) is 13.5. The Hall–Kier alpha value is -2.01. The Morgan fingerprint density at radius 1 is 1.23 bits per heavy atom. The highest BCUT2D eigenvalue weighted by atomic mass is 16.5. The summed E-state index contributed by atoms with van der Waals surface area (Å²) in [6, 6.07) is 7.85. The molecule has 3 rings (SSSR count). The van der Waals surface area contributed by atoms with Crippen molar-refractivity contribution < 1.29 is 9.53 Å². The van der Waals surface area contributed by atoms with Gasteiger partial charge in [0.25, 0.3) is 5.91 Å². The molecule has 5 nitrogen and oxygen atoms in total. The maximum atomic E-state index is 12.8. The summed E-state index contributed by atoms with van der Waals surface area (Å²) in [4.78, 5) is 17.2. The van der Waals surface area contributed by atoms with Gasteiger partial charge in [0.1, 0.15) is 11.4 Å². The molecule has 1 aromatic carbocycles. The van der Waals surface area contributed by atoms with E-state index in [1.165, 1.54) is 0 Å². The standard InChI is InChI=1S/C17H23N3O2/c1-4-19-8-10-20(11-9-19)17(21)15-12-13-14(18(15)2)6-5-7-16(13)22-3/h5-7,12H,4,8-11H2,1-3H3. The predicted molar refractivity (Wildman–Crippen MR) is 87.5 cm³/mol. The van der Waals surface area contributed by atoms with Crippen LogP contribution >= 0.6 is 0 Å². The van der Waals surface area contributed by atoms with Crippen LogP contribution in [-0.4, -0.2) is 60.1 Å². The first-order valence-electron chi connectivity index (χ1n) is 7.79. The molecule has 22 heavy (non-hydrogen) atoms. The summed E-state index contributed by atoms with van der Waals surface area (Å²) in [5, 5.41) is 0.989. The Bertz CT molecular complexity index is 685. The molecule has 1 aliphatic heterocycles. The van der Waals surface area contributed by atoms with E-state index in [-0.39, 0.29) is 5.91 Å². The molecule has 118 valence electrons. The first-order valence-corrected chi connectivity index (χ1v) is 7.79. The van der Waals surface area contributed by atoms with E-state index in [2.05, 4.69) is 11.8 Å². The number of ether oxygens (including phenoxy) is 1. The number of hydrogen-bond donors (Lipinski definition) is 0. The molecule has 1 fully saturated rings. The highest BCUT2D eigenvalue weighted by Crippen LogP contribution is 2.28. The van der Waals surface area contributed by atoms with E-state index in [9.17, 15) is 4.79 Å². The largest absolute Gasteiger partial charge is 0.496 e. The zero-order valence-electron chi connectivity index (χ0n) is 13.5. The van der Waals surface area contributed by atoms with Gasteiger partial charge >= 0.3 is 0 Å². The third kappa shape index (κ3) is 2.46. The molecule has 1 amide bonds. The van der Waals surface area contributed by atoms with E-state index >= 15 is 0 Å². The lowest BCUT2D eigenvalue weighted by molar-refractivity contribution is 0.0634. The smallest absolute Gasteiger partial charge is 0.270 e. The molecule has 0 N–H and O–H groups in total. The molecule has 0 spiro atoms. The van der Waals surface area contributed by atoms with Gasteiger partial charge in [-0.25, -0.2) is 0 Å². The van der Waals surface area contributed by atoms with Gasteiger partial charge in [-0.2, -0.15) is 0 Å². The van der Waals surface area contributed by atoms with Crippen LogP contribution in [0.4, 0.5) is 0 Å². The second-order valence-electron chi connectivity index (χ2n) is 5.71. The van der Waals surface area contributed by atoms with Crippen molar-refractivity contribution in [1.82, 2.24) is 14.4 Å². The second kappa shape index (κ2) is 6.01. The number of aromatic nitrogens is 1. The van der Waals surface area contributed by atoms with Crippen LogP contribution in [0, 0.1) is 0 Å². The summed E-state index contributed by atoms with van der Waals surface area (Å²) in [5.41, 5.74) is 1.75. The van der Waals surface area contributed by atoms with E-state index in [1.807, 2.05) is 40.8 Å². The fourth-order valence-corrected chi connectivity index (χ4v) is 3.15. The van der Waals surface area contributed by atoms with E-state index < -0.39 is 0 Å². The average molecular weight is 301 g/mol. The predicted octanol–water partition coefficient (Wildman–Crippen LogP) is 1.96. The minimum absolute atomic E-state index is 0.108. The average Bonchev–Trinajstić information content (AvgIpc) is 2.91. The van der Waals surface area contributed by atoms with Gasteiger partial charge in [-0.1, -0.05) is 13.0 Å². The summed E-state index contributed by atoms with van der Waals surface area (Å²) in [7, 11) is 3.60. The van der Waals surface area contributed by atoms with Gasteiger partial charge in [-0.15, -0.1) is 0 Å². The monoisotopic (exact) mass is 301 g/mol. The Balaban J connectivity index is 1.90. The van der Waals surface area contributed by atoms with Crippen molar-refractivity contribution in [3.05, 3.63) is 30.0 Å². The first-order chi connectivity index (χ1) is 10.7. The van der Waals surface area contributed by atoms with Gasteiger partial charge in [0.15, 0.2) is 0 Å². The van der Waals surface area contributed by atoms with Crippen LogP contribution in [0.15, 0.2) is 24.3 Å². The summed E-state index contributed by atoms with van der Waals surface area (Å²) < 4.78 is 7.37. The van der Waals surface area contributed by atoms with Crippen LogP contribution in [0.3, 0.4) is 0 Å². The molecule has 0 bridgehead atoms. The fraction of sp³-hybridized carbons (Fsp3) is 0.471. The lowest BCUT2D eigenvalue weighted by atomic mass is 10.2. The minimum atomic E-state index is 0.108. The molecular weight excluding hydrogens is 278 g/mol. The maximum Gasteiger partial charge on any atom is 0.270 e. The number of nitrogens with zero attached hydrogens (tertiary/aromatic N) is 3. The van der Waals surface area contributed by atoms with Crippen LogP contribution in [-0.2, 0) is 7.05 Å². The SMILES string of the molecule is CCN1CCN(C(=O)c2cc3c(OC)cccc3n2C)CC1. The van der Waals surface area contributed by atoms with Gasteiger partial charge in [0.2, 0.25) is 0 Å². The van der Waals surface area contributed by atoms with Crippen LogP contribution < -0.4 is 4.74 Å². The summed E-state index contributed by atoms with van der Waals surface area (Å²) in [6.07, 6.45) is 0. The van der Waals surface area contributed by atoms with Gasteiger partial charge in [0.05, 0.1) is 12.6 Å². The normalized spacial score (nSPS) is 16.2. The molecule has 0 aliphatic carbocycles. The molecule has 1 aromatic heterocycles. The quantitative estimate of drug-likeness (QED) is 0.870. The van der Waals surface area contributed by atoms with Crippen LogP contribution in [0.25, 0.3) is 10.9 Å². The second-order valence-corrected chi connectivity index (χ2v) is 5.71. The van der Waals surface area contributed by atoms with Gasteiger partial charge < -0.3 is 19.1 Å². The van der Waals surface area contributed by atoms with E-state index in [4.69, 9.17) is 4.74 Å². The number of carbonyl (C=O) groups is 1. The van der Waals surface area contributed by atoms with Crippen LogP contribution in [0.5, 0.6) is 5.75 Å². The highest BCUT2D eigenvalue weighted by Gasteiger charge is 2.24. The Morgan fingerprint density at radius 2 is 1.95 bits per heavy atom. The van der Waals surface area contributed by atoms with Crippen molar-refractivity contribution in [2.75, 3.05) is 39.8 Å². The number of benzene rings is 1. The Kier molecular flexibility index (Phi) is 4.07. The molecule has 0 unspecified atom stereocenters. The van der Waals surface area contributed by atoms with Crippen molar-refractivity contribution in [3.63, 3.8) is 0 Å². The minimum Gasteiger partial charge on any atom is -0.496 e. The third-order valence-electron chi connectivity index (χ3n) is 4.59. The topological polar surface area (TPSA) is 37.7 Å². The molecule has 2 aromatic rings. The Morgan fingerprint density at radius 3 is 2.59 bits per heavy atom. The van der Waals surface area contributed by atoms with Crippen molar-refractivity contribution in [2.24, 2.45) is 7.05 Å². The molecule has 0 atom stereocenters. The number of likely N-dealkylation sites (N-methyl/N-ethyl adjacent to an activating group) is 1. The fourth-order valence-electron chi connectivity index (χ4n) is 3.15. The van der Waals surface area contributed by atoms with Gasteiger partial charge in [-0.3, -0.25) is 4.79 Å². The number of methoxy groups -OCH3 is 1. The number of fused-ring (bicyclic) bond motifs is 1. The number of carbonyl (C=O) groups excluding carboxylic acids is 1. The van der Waals surface area contributed by atoms with Crippen molar-refractivity contribution in [1.29, 1.82) is 0 Å². The maximum absolute atomic E-state index is 12.8. The number of hydrogen-bond acceptors (Lipinski definition) is 3. The lowest BCUT2D eigenvalue weighted by Gasteiger charge is -2.34. The summed E-state index contributed by atoms with van der Waals surface area (Å²) in [6.45, 7) is 6.71. The van der Waals surface area contributed by atoms with Crippen LogP contribution in [0.2, 0.25) is 0 Å². The lowest BCUT2D eigenvalue weighted by Crippen LogP contribution is -2.48. The molecule has 1 saturated heterocycles. The van der Waals surface area contributed by atoms with E-state index in [1.54, 1.807) is 7.11 Å². The van der Waals surface area contributed by atoms with E-state index in [0.29, 0.717) is 0 Å². The number of amides is 1. The molecule has 5 heteroatoms. The van der Waals surface area contributed by atoms with Crippen LogP contribution in [0.1, 0.15) is 17.4 Å². The number of piperazine rings is 1. The number of rotatable bonds is 3. The van der Waals surface area contributed by atoms with Crippen molar-refractivity contribution in [2.45, 2.75) is 6.92 Å². The summed E-state index contributed by atoms with van der Waals surface area (Å²) >= 11 is 0. The van der Waals surface area contributed by atoms with Gasteiger partial charge in [0, 0.05) is 38.6 Å². The first kappa shape index (κ1) is 14.9. The molecular formula is C17H23N3O2. The summed E-state index contributed by atoms with van der Waals surface area (Å²) in [5.74, 6) is 0.916. The Labute approximate surface area is 131 Å². The number of aryl methyl sites for hydroxylation is 1. The molecule has 2 heterocycles. The highest BCUT2D eigenvalue weighted by molar-refractivity contribution is 6.00. The van der Waals surface area contributed by atoms with Gasteiger partial charge in [-0.05, 0) is 24.7 Å². The zero-order chi connectivity index (χ0) is 15.7. The van der Waals surface area contributed by atoms with E-state index in [0.717, 1.165) is 55.1 Å². The molecule has 1 aliphatic rings. The van der Waals surface area contributed by atoms with Crippen molar-refractivity contribution >= 4 is 16.8 Å². The third-order valence-corrected chi connectivity index (χ3v) is 4.59.